The third-order valence-corrected chi connectivity index (χ3v) is 4.86. The van der Waals surface area contributed by atoms with Gasteiger partial charge in [-0.05, 0) is 50.2 Å². The molecule has 0 atom stereocenters. The summed E-state index contributed by atoms with van der Waals surface area (Å²) in [5.41, 5.74) is 2.58. The molecule has 146 valence electrons. The molecule has 0 unspecified atom stereocenters. The second kappa shape index (κ2) is 9.28. The van der Waals surface area contributed by atoms with Crippen molar-refractivity contribution in [3.8, 4) is 16.9 Å². The average Bonchev–Trinajstić information content (AvgIpc) is 3.18. The summed E-state index contributed by atoms with van der Waals surface area (Å²) in [5.74, 6) is -0.493. The molecule has 6 heteroatoms. The van der Waals surface area contributed by atoms with Crippen LogP contribution in [0, 0.1) is 5.82 Å². The van der Waals surface area contributed by atoms with Gasteiger partial charge in [-0.2, -0.15) is 5.10 Å². The number of para-hydroxylation sites is 1. The van der Waals surface area contributed by atoms with Crippen molar-refractivity contribution < 1.29 is 14.1 Å². The van der Waals surface area contributed by atoms with E-state index in [2.05, 4.69) is 24.3 Å². The second-order valence-corrected chi connectivity index (χ2v) is 6.64. The molecule has 0 aliphatic heterocycles. The molecule has 0 saturated heterocycles. The molecule has 5 nitrogen and oxygen atoms in total. The number of aromatic nitrogens is 2. The van der Waals surface area contributed by atoms with Crippen molar-refractivity contribution in [2.24, 2.45) is 0 Å². The summed E-state index contributed by atoms with van der Waals surface area (Å²) in [4.78, 5) is 14.3. The molecule has 3 rings (SSSR count). The fraction of sp³-hybridized carbons (Fsp3) is 0.273. The monoisotopic (exact) mass is 381 g/mol. The van der Waals surface area contributed by atoms with E-state index in [1.165, 1.54) is 17.0 Å². The summed E-state index contributed by atoms with van der Waals surface area (Å²) in [6, 6.07) is 15.7. The zero-order valence-electron chi connectivity index (χ0n) is 16.3. The van der Waals surface area contributed by atoms with Crippen molar-refractivity contribution in [3.05, 3.63) is 72.2 Å². The van der Waals surface area contributed by atoms with Gasteiger partial charge in [0, 0.05) is 11.8 Å². The Morgan fingerprint density at radius 3 is 2.39 bits per heavy atom. The number of likely N-dealkylation sites (N-methyl/N-ethyl adjacent to an activating group) is 1. The molecule has 2 N–H and O–H groups in total. The Balaban J connectivity index is 1.88. The first kappa shape index (κ1) is 19.8. The standard InChI is InChI=1S/C22H25FN4O/c1-3-26(4-2)15-14-24-22(28)20-16-27(19-8-6-5-7-9-19)25-21(20)17-10-12-18(23)13-11-17/h5-13,16H,3-4,14-15H2,1-2H3,(H,24,28)/p+1. The number of nitrogens with one attached hydrogen (secondary N) is 2. The van der Waals surface area contributed by atoms with Gasteiger partial charge in [-0.25, -0.2) is 9.07 Å². The molecule has 0 fully saturated rings. The topological polar surface area (TPSA) is 51.4 Å². The van der Waals surface area contributed by atoms with Crippen LogP contribution in [0.15, 0.2) is 60.8 Å². The van der Waals surface area contributed by atoms with E-state index in [0.29, 0.717) is 23.4 Å². The minimum Gasteiger partial charge on any atom is -0.346 e. The molecule has 0 aliphatic rings. The predicted octanol–water partition coefficient (Wildman–Crippen LogP) is 2.33. The molecule has 1 heterocycles. The van der Waals surface area contributed by atoms with Gasteiger partial charge in [-0.3, -0.25) is 4.79 Å². The Morgan fingerprint density at radius 2 is 1.75 bits per heavy atom. The largest absolute Gasteiger partial charge is 0.346 e. The van der Waals surface area contributed by atoms with Crippen LogP contribution in [-0.4, -0.2) is 41.9 Å². The fourth-order valence-electron chi connectivity index (χ4n) is 3.13. The highest BCUT2D eigenvalue weighted by molar-refractivity contribution is 5.99. The Hall–Kier alpha value is -2.99. The first-order chi connectivity index (χ1) is 13.6. The first-order valence-electron chi connectivity index (χ1n) is 9.65. The van der Waals surface area contributed by atoms with Gasteiger partial charge in [0.05, 0.1) is 37.4 Å². The van der Waals surface area contributed by atoms with Crippen molar-refractivity contribution >= 4 is 5.91 Å². The normalized spacial score (nSPS) is 11.0. The van der Waals surface area contributed by atoms with E-state index < -0.39 is 0 Å². The molecule has 1 amide bonds. The fourth-order valence-corrected chi connectivity index (χ4v) is 3.13. The van der Waals surface area contributed by atoms with Crippen molar-refractivity contribution in [1.82, 2.24) is 15.1 Å². The van der Waals surface area contributed by atoms with Crippen molar-refractivity contribution in [2.45, 2.75) is 13.8 Å². The number of halogens is 1. The molecule has 0 aliphatic carbocycles. The molecule has 28 heavy (non-hydrogen) atoms. The predicted molar refractivity (Wildman–Crippen MR) is 108 cm³/mol. The number of carbonyl (C=O) groups excluding carboxylic acids is 1. The van der Waals surface area contributed by atoms with Crippen molar-refractivity contribution in [3.63, 3.8) is 0 Å². The summed E-state index contributed by atoms with van der Waals surface area (Å²) in [7, 11) is 0. The highest BCUT2D eigenvalue weighted by Crippen LogP contribution is 2.24. The van der Waals surface area contributed by atoms with Crippen LogP contribution in [0.5, 0.6) is 0 Å². The molecule has 2 aromatic carbocycles. The summed E-state index contributed by atoms with van der Waals surface area (Å²) in [5, 5.41) is 7.60. The second-order valence-electron chi connectivity index (χ2n) is 6.64. The van der Waals surface area contributed by atoms with Crippen LogP contribution < -0.4 is 10.2 Å². The van der Waals surface area contributed by atoms with Gasteiger partial charge < -0.3 is 10.2 Å². The molecular formula is C22H26FN4O+. The molecular weight excluding hydrogens is 355 g/mol. The summed E-state index contributed by atoms with van der Waals surface area (Å²) in [6.45, 7) is 7.79. The third-order valence-electron chi connectivity index (χ3n) is 4.86. The van der Waals surface area contributed by atoms with E-state index in [0.717, 1.165) is 25.3 Å². The van der Waals surface area contributed by atoms with Crippen LogP contribution in [0.1, 0.15) is 24.2 Å². The Labute approximate surface area is 164 Å². The number of hydrogen-bond acceptors (Lipinski definition) is 2. The molecule has 1 aromatic heterocycles. The number of rotatable bonds is 8. The molecule has 0 saturated carbocycles. The average molecular weight is 381 g/mol. The highest BCUT2D eigenvalue weighted by Gasteiger charge is 2.19. The molecule has 3 aromatic rings. The molecule has 0 radical (unpaired) electrons. The van der Waals surface area contributed by atoms with E-state index in [9.17, 15) is 9.18 Å². The van der Waals surface area contributed by atoms with E-state index in [1.54, 1.807) is 23.0 Å². The summed E-state index contributed by atoms with van der Waals surface area (Å²) < 4.78 is 15.0. The van der Waals surface area contributed by atoms with E-state index >= 15 is 0 Å². The first-order valence-corrected chi connectivity index (χ1v) is 9.65. The lowest BCUT2D eigenvalue weighted by Gasteiger charge is -2.15. The minimum absolute atomic E-state index is 0.173. The number of hydrogen-bond donors (Lipinski definition) is 2. The maximum Gasteiger partial charge on any atom is 0.255 e. The zero-order valence-corrected chi connectivity index (χ0v) is 16.3. The van der Waals surface area contributed by atoms with Crippen LogP contribution in [0.25, 0.3) is 16.9 Å². The Kier molecular flexibility index (Phi) is 6.55. The van der Waals surface area contributed by atoms with Gasteiger partial charge in [-0.15, -0.1) is 0 Å². The van der Waals surface area contributed by atoms with Crippen LogP contribution in [0.4, 0.5) is 4.39 Å². The van der Waals surface area contributed by atoms with E-state index in [1.807, 2.05) is 30.3 Å². The van der Waals surface area contributed by atoms with Crippen LogP contribution >= 0.6 is 0 Å². The van der Waals surface area contributed by atoms with Crippen LogP contribution in [0.3, 0.4) is 0 Å². The number of benzene rings is 2. The molecule has 0 bridgehead atoms. The maximum atomic E-state index is 13.3. The summed E-state index contributed by atoms with van der Waals surface area (Å²) >= 11 is 0. The quantitative estimate of drug-likeness (QED) is 0.629. The third kappa shape index (κ3) is 4.64. The van der Waals surface area contributed by atoms with Crippen molar-refractivity contribution in [2.75, 3.05) is 26.2 Å². The van der Waals surface area contributed by atoms with Gasteiger partial charge >= 0.3 is 0 Å². The molecule has 0 spiro atoms. The van der Waals surface area contributed by atoms with E-state index in [-0.39, 0.29) is 11.7 Å². The lowest BCUT2D eigenvalue weighted by Crippen LogP contribution is -3.12. The van der Waals surface area contributed by atoms with Crippen LogP contribution in [-0.2, 0) is 0 Å². The van der Waals surface area contributed by atoms with Crippen molar-refractivity contribution in [1.29, 1.82) is 0 Å². The van der Waals surface area contributed by atoms with Gasteiger partial charge in [-0.1, -0.05) is 18.2 Å². The van der Waals surface area contributed by atoms with Gasteiger partial charge in [0.15, 0.2) is 0 Å². The Morgan fingerprint density at radius 1 is 1.07 bits per heavy atom. The number of nitrogens with zero attached hydrogens (tertiary/aromatic N) is 2. The van der Waals surface area contributed by atoms with Gasteiger partial charge in [0.25, 0.3) is 5.91 Å². The van der Waals surface area contributed by atoms with Gasteiger partial charge in [0.1, 0.15) is 11.5 Å². The SMILES string of the molecule is CC[NH+](CC)CCNC(=O)c1cn(-c2ccccc2)nc1-c1ccc(F)cc1. The smallest absolute Gasteiger partial charge is 0.255 e. The van der Waals surface area contributed by atoms with Gasteiger partial charge in [0.2, 0.25) is 0 Å². The van der Waals surface area contributed by atoms with Crippen LogP contribution in [0.2, 0.25) is 0 Å². The lowest BCUT2D eigenvalue weighted by atomic mass is 10.1. The number of carbonyl (C=O) groups is 1. The minimum atomic E-state index is -0.320. The lowest BCUT2D eigenvalue weighted by molar-refractivity contribution is -0.895. The highest BCUT2D eigenvalue weighted by atomic mass is 19.1. The number of quaternary nitrogens is 1. The Bertz CT molecular complexity index is 902. The maximum absolute atomic E-state index is 13.3. The summed E-state index contributed by atoms with van der Waals surface area (Å²) in [6.07, 6.45) is 1.73. The van der Waals surface area contributed by atoms with E-state index in [4.69, 9.17) is 0 Å². The number of amides is 1. The zero-order chi connectivity index (χ0) is 19.9.